The van der Waals surface area contributed by atoms with E-state index >= 15 is 0 Å². The average Bonchev–Trinajstić information content (AvgIpc) is 3.05. The third-order valence-corrected chi connectivity index (χ3v) is 68.5. The van der Waals surface area contributed by atoms with Gasteiger partial charge < -0.3 is 0 Å². The van der Waals surface area contributed by atoms with Crippen LogP contribution in [0.4, 0.5) is 0 Å². The molecule has 0 atom stereocenters. The van der Waals surface area contributed by atoms with E-state index in [0.717, 1.165) is 0 Å². The van der Waals surface area contributed by atoms with Gasteiger partial charge in [0.15, 0.2) is 0 Å². The summed E-state index contributed by atoms with van der Waals surface area (Å²) in [4.78, 5) is 0. The van der Waals surface area contributed by atoms with Gasteiger partial charge >= 0.3 is 252 Å². The predicted octanol–water partition coefficient (Wildman–Crippen LogP) is 7.20. The summed E-state index contributed by atoms with van der Waals surface area (Å²) in [5, 5.41) is 8.91. The molecular weight excluding hydrogens is 766 g/mol. The Kier molecular flexibility index (Phi) is 8.55. The van der Waals surface area contributed by atoms with E-state index < -0.39 is 24.5 Å². The quantitative estimate of drug-likeness (QED) is 0.143. The van der Waals surface area contributed by atoms with E-state index in [9.17, 15) is 0 Å². The fraction of sp³-hybridized carbons (Fsp3) is 0. The molecule has 0 nitrogen and oxygen atoms in total. The van der Waals surface area contributed by atoms with Crippen LogP contribution in [0.1, 0.15) is 0 Å². The molecule has 0 bridgehead atoms. The molecule has 0 unspecified atom stereocenters. The van der Waals surface area contributed by atoms with Gasteiger partial charge in [-0.05, 0) is 0 Å². The summed E-state index contributed by atoms with van der Waals surface area (Å²) >= 11 is 2.44. The topological polar surface area (TPSA) is 0 Å². The van der Waals surface area contributed by atoms with E-state index in [1.165, 1.54) is 31.8 Å². The fourth-order valence-corrected chi connectivity index (χ4v) is 80.9. The van der Waals surface area contributed by atoms with Crippen molar-refractivity contribution in [3.63, 3.8) is 0 Å². The van der Waals surface area contributed by atoms with Crippen molar-refractivity contribution in [1.82, 2.24) is 0 Å². The Labute approximate surface area is 250 Å². The molecule has 0 N–H and O–H groups in total. The number of hydrogen-bond donors (Lipinski definition) is 0. The van der Waals surface area contributed by atoms with Gasteiger partial charge in [0.1, 0.15) is 0 Å². The molecule has 0 heterocycles. The van der Waals surface area contributed by atoms with Crippen molar-refractivity contribution < 1.29 is 13.5 Å². The van der Waals surface area contributed by atoms with Gasteiger partial charge in [-0.15, -0.1) is 0 Å². The van der Waals surface area contributed by atoms with E-state index in [1.807, 2.05) is 0 Å². The molecule has 0 aliphatic rings. The summed E-state index contributed by atoms with van der Waals surface area (Å²) in [5.41, 5.74) is -5.13. The number of benzene rings is 6. The standard InChI is InChI=1S/2C18H15P.BrH.Ir/c2*1-4-10-16(11-5-1)19(17-12-6-2-7-13-17)18-14-8-3-9-15-18;;/h2*1-15H;1H;/q;;;-1/p+1. The first kappa shape index (κ1) is 27.5. The fourth-order valence-electron chi connectivity index (χ4n) is 5.66. The Morgan fingerprint density at radius 1 is 0.275 bits per heavy atom. The molecule has 0 aliphatic carbocycles. The van der Waals surface area contributed by atoms with Crippen LogP contribution >= 0.6 is 24.5 Å². The third kappa shape index (κ3) is 4.77. The van der Waals surface area contributed by atoms with E-state index in [-0.39, 0.29) is 0 Å². The molecule has 0 aromatic heterocycles. The second-order valence-corrected chi connectivity index (χ2v) is 48.4. The van der Waals surface area contributed by atoms with Crippen LogP contribution in [0.5, 0.6) is 0 Å². The molecule has 6 rings (SSSR count). The third-order valence-electron chi connectivity index (χ3n) is 7.39. The Hall–Kier alpha value is -2.69. The second-order valence-electron chi connectivity index (χ2n) is 9.66. The molecule has 202 valence electrons. The van der Waals surface area contributed by atoms with Crippen LogP contribution in [0.15, 0.2) is 182 Å². The van der Waals surface area contributed by atoms with E-state index in [1.54, 1.807) is 0 Å². The number of hydrogen-bond acceptors (Lipinski definition) is 0. The zero-order valence-electron chi connectivity index (χ0n) is 22.0. The maximum atomic E-state index is 4.84. The van der Waals surface area contributed by atoms with Crippen LogP contribution < -0.4 is 31.8 Å². The molecule has 0 aliphatic heterocycles. The average molecular weight is 799 g/mol. The molecular formula is C36H32BrIrP2. The molecule has 0 saturated carbocycles. The molecule has 0 spiro atoms. The van der Waals surface area contributed by atoms with Crippen molar-refractivity contribution in [2.45, 2.75) is 0 Å². The summed E-state index contributed by atoms with van der Waals surface area (Å²) < 4.78 is 0. The molecule has 0 radical (unpaired) electrons. The van der Waals surface area contributed by atoms with Crippen LogP contribution in [-0.4, -0.2) is 0 Å². The van der Waals surface area contributed by atoms with Crippen molar-refractivity contribution in [3.8, 4) is 0 Å². The van der Waals surface area contributed by atoms with E-state index in [4.69, 9.17) is 13.5 Å². The minimum atomic E-state index is -2.57. The molecule has 0 saturated heterocycles. The molecule has 6 aromatic rings. The normalized spacial score (nSPS) is 12.9. The van der Waals surface area contributed by atoms with Crippen molar-refractivity contribution in [3.05, 3.63) is 182 Å². The van der Waals surface area contributed by atoms with Crippen molar-refractivity contribution >= 4 is 56.3 Å². The van der Waals surface area contributed by atoms with Gasteiger partial charge in [-0.25, -0.2) is 0 Å². The van der Waals surface area contributed by atoms with E-state index in [0.29, 0.717) is 0 Å². The number of rotatable bonds is 8. The molecule has 0 fully saturated rings. The summed E-state index contributed by atoms with van der Waals surface area (Å²) in [6.45, 7) is 0. The molecule has 0 amide bonds. The first-order chi connectivity index (χ1) is 19.8. The Morgan fingerprint density at radius 2 is 0.425 bits per heavy atom. The molecule has 4 heteroatoms. The van der Waals surface area contributed by atoms with Gasteiger partial charge in [0.05, 0.1) is 0 Å². The Balaban J connectivity index is 1.81. The summed E-state index contributed by atoms with van der Waals surface area (Å²) in [7, 11) is 0. The SMILES string of the molecule is [Br][Ir]([PH](c1ccccc1)(c1ccccc1)c1ccccc1)[PH](c1ccccc1)(c1ccccc1)c1ccccc1. The van der Waals surface area contributed by atoms with Gasteiger partial charge in [-0.1, -0.05) is 0 Å². The van der Waals surface area contributed by atoms with Crippen LogP contribution in [0.3, 0.4) is 0 Å². The van der Waals surface area contributed by atoms with Crippen molar-refractivity contribution in [2.24, 2.45) is 0 Å². The molecule has 6 aromatic carbocycles. The van der Waals surface area contributed by atoms with Crippen LogP contribution in [-0.2, 0) is 13.5 Å². The van der Waals surface area contributed by atoms with Crippen LogP contribution in [0.2, 0.25) is 0 Å². The van der Waals surface area contributed by atoms with Crippen LogP contribution in [0.25, 0.3) is 0 Å². The zero-order valence-corrected chi connectivity index (χ0v) is 28.0. The van der Waals surface area contributed by atoms with Gasteiger partial charge in [0.2, 0.25) is 0 Å². The Bertz CT molecular complexity index is 1310. The summed E-state index contributed by atoms with van der Waals surface area (Å²) in [5.74, 6) is 0. The zero-order chi connectivity index (χ0) is 27.3. The maximum absolute atomic E-state index is 4.84. The van der Waals surface area contributed by atoms with Crippen molar-refractivity contribution in [1.29, 1.82) is 0 Å². The van der Waals surface area contributed by atoms with Crippen molar-refractivity contribution in [2.75, 3.05) is 0 Å². The number of halogens is 1. The predicted molar refractivity (Wildman–Crippen MR) is 182 cm³/mol. The first-order valence-corrected chi connectivity index (χ1v) is 29.5. The Morgan fingerprint density at radius 3 is 0.575 bits per heavy atom. The molecule has 40 heavy (non-hydrogen) atoms. The monoisotopic (exact) mass is 798 g/mol. The van der Waals surface area contributed by atoms with E-state index in [2.05, 4.69) is 182 Å². The summed E-state index contributed by atoms with van der Waals surface area (Å²) in [6, 6.07) is 68.6. The van der Waals surface area contributed by atoms with Gasteiger partial charge in [0.25, 0.3) is 0 Å². The summed E-state index contributed by atoms with van der Waals surface area (Å²) in [6.07, 6.45) is 0. The van der Waals surface area contributed by atoms with Gasteiger partial charge in [0, 0.05) is 0 Å². The van der Waals surface area contributed by atoms with Gasteiger partial charge in [-0.3, -0.25) is 0 Å². The van der Waals surface area contributed by atoms with Crippen LogP contribution in [0, 0.1) is 0 Å². The minimum absolute atomic E-state index is 1.49. The first-order valence-electron chi connectivity index (χ1n) is 13.4. The second kappa shape index (κ2) is 12.4. The van der Waals surface area contributed by atoms with Gasteiger partial charge in [-0.2, -0.15) is 0 Å².